The molecule has 2 rings (SSSR count). The van der Waals surface area contributed by atoms with E-state index >= 15 is 0 Å². The molecule has 2 aromatic rings. The summed E-state index contributed by atoms with van der Waals surface area (Å²) in [5.41, 5.74) is 14.9. The first-order valence-corrected chi connectivity index (χ1v) is 6.26. The maximum Gasteiger partial charge on any atom is 0.0631 e. The minimum absolute atomic E-state index is 0.277. The van der Waals surface area contributed by atoms with Crippen molar-refractivity contribution in [3.63, 3.8) is 0 Å². The summed E-state index contributed by atoms with van der Waals surface area (Å²) in [7, 11) is 0. The summed E-state index contributed by atoms with van der Waals surface area (Å²) in [6, 6.07) is 19.7. The monoisotopic (exact) mass is 250 g/mol. The molecule has 0 amide bonds. The lowest BCUT2D eigenvalue weighted by atomic mass is 10.1. The summed E-state index contributed by atoms with van der Waals surface area (Å²) < 4.78 is 0. The van der Waals surface area contributed by atoms with Crippen LogP contribution in [0, 0.1) is 0 Å². The van der Waals surface area contributed by atoms with E-state index in [1.165, 1.54) is 0 Å². The third-order valence-electron chi connectivity index (χ3n) is 2.81. The first-order valence-electron chi connectivity index (χ1n) is 6.26. The quantitative estimate of drug-likeness (QED) is 0.876. The van der Waals surface area contributed by atoms with Crippen molar-refractivity contribution in [3.05, 3.63) is 83.6 Å². The Kier molecular flexibility index (Phi) is 4.54. The highest BCUT2D eigenvalue weighted by atomic mass is 14.7. The van der Waals surface area contributed by atoms with Crippen molar-refractivity contribution in [3.8, 4) is 0 Å². The molecule has 19 heavy (non-hydrogen) atoms. The van der Waals surface area contributed by atoms with Gasteiger partial charge in [-0.05, 0) is 17.2 Å². The molecule has 0 aliphatic carbocycles. The molecule has 0 radical (unpaired) electrons. The van der Waals surface area contributed by atoms with Gasteiger partial charge in [-0.2, -0.15) is 0 Å². The molecule has 0 saturated carbocycles. The summed E-state index contributed by atoms with van der Waals surface area (Å²) >= 11 is 0. The van der Waals surface area contributed by atoms with Crippen LogP contribution in [-0.4, -0.2) is 6.04 Å². The Morgan fingerprint density at radius 1 is 0.842 bits per heavy atom. The van der Waals surface area contributed by atoms with E-state index in [4.69, 9.17) is 11.5 Å². The molecule has 2 heteroatoms. The van der Waals surface area contributed by atoms with Gasteiger partial charge in [-0.1, -0.05) is 72.8 Å². The van der Waals surface area contributed by atoms with Gasteiger partial charge in [0.25, 0.3) is 0 Å². The molecular formula is C17H18N2. The molecular weight excluding hydrogens is 232 g/mol. The van der Waals surface area contributed by atoms with Gasteiger partial charge >= 0.3 is 0 Å². The normalized spacial score (nSPS) is 13.6. The van der Waals surface area contributed by atoms with Gasteiger partial charge in [-0.3, -0.25) is 0 Å². The van der Waals surface area contributed by atoms with Gasteiger partial charge in [0, 0.05) is 5.70 Å². The van der Waals surface area contributed by atoms with Crippen molar-refractivity contribution in [2.45, 2.75) is 6.04 Å². The van der Waals surface area contributed by atoms with Gasteiger partial charge < -0.3 is 11.5 Å². The summed E-state index contributed by atoms with van der Waals surface area (Å²) in [5, 5.41) is 0. The molecule has 96 valence electrons. The van der Waals surface area contributed by atoms with E-state index in [1.807, 2.05) is 78.9 Å². The van der Waals surface area contributed by atoms with E-state index in [0.29, 0.717) is 5.70 Å². The number of hydrogen-bond donors (Lipinski definition) is 2. The Labute approximate surface area is 114 Å². The second-order valence-electron chi connectivity index (χ2n) is 4.35. The van der Waals surface area contributed by atoms with Gasteiger partial charge in [-0.25, -0.2) is 0 Å². The van der Waals surface area contributed by atoms with E-state index in [9.17, 15) is 0 Å². The van der Waals surface area contributed by atoms with Crippen LogP contribution in [0.15, 0.2) is 72.4 Å². The van der Waals surface area contributed by atoms with Gasteiger partial charge in [0.1, 0.15) is 0 Å². The molecule has 0 aliphatic heterocycles. The van der Waals surface area contributed by atoms with Crippen LogP contribution in [0.5, 0.6) is 0 Å². The van der Waals surface area contributed by atoms with Crippen molar-refractivity contribution in [1.82, 2.24) is 0 Å². The molecule has 0 bridgehead atoms. The first-order chi connectivity index (χ1) is 9.25. The highest BCUT2D eigenvalue weighted by Gasteiger charge is 2.00. The highest BCUT2D eigenvalue weighted by molar-refractivity contribution is 5.56. The lowest BCUT2D eigenvalue weighted by Gasteiger charge is -2.07. The van der Waals surface area contributed by atoms with E-state index in [2.05, 4.69) is 0 Å². The zero-order valence-corrected chi connectivity index (χ0v) is 10.7. The molecule has 4 N–H and O–H groups in total. The van der Waals surface area contributed by atoms with Crippen LogP contribution in [0.1, 0.15) is 11.1 Å². The molecule has 1 unspecified atom stereocenters. The largest absolute Gasteiger partial charge is 0.400 e. The molecule has 0 spiro atoms. The molecule has 0 aromatic heterocycles. The minimum atomic E-state index is -0.277. The fourth-order valence-corrected chi connectivity index (χ4v) is 1.73. The predicted octanol–water partition coefficient (Wildman–Crippen LogP) is 3.03. The lowest BCUT2D eigenvalue weighted by molar-refractivity contribution is 0.944. The molecule has 0 saturated heterocycles. The zero-order valence-electron chi connectivity index (χ0n) is 10.7. The van der Waals surface area contributed by atoms with Crippen LogP contribution >= 0.6 is 0 Å². The van der Waals surface area contributed by atoms with E-state index in [1.54, 1.807) is 0 Å². The van der Waals surface area contributed by atoms with Crippen LogP contribution in [0.4, 0.5) is 0 Å². The lowest BCUT2D eigenvalue weighted by Crippen LogP contribution is -2.24. The second kappa shape index (κ2) is 6.57. The smallest absolute Gasteiger partial charge is 0.0631 e. The van der Waals surface area contributed by atoms with Crippen LogP contribution in [0.2, 0.25) is 0 Å². The third kappa shape index (κ3) is 4.12. The Morgan fingerprint density at radius 3 is 1.95 bits per heavy atom. The highest BCUT2D eigenvalue weighted by Crippen LogP contribution is 2.07. The molecule has 2 aromatic carbocycles. The zero-order chi connectivity index (χ0) is 13.5. The summed E-state index contributed by atoms with van der Waals surface area (Å²) in [6.07, 6.45) is 5.79. The van der Waals surface area contributed by atoms with Gasteiger partial charge in [0.15, 0.2) is 0 Å². The topological polar surface area (TPSA) is 52.0 Å². The van der Waals surface area contributed by atoms with Gasteiger partial charge in [0.2, 0.25) is 0 Å². The van der Waals surface area contributed by atoms with Crippen molar-refractivity contribution in [1.29, 1.82) is 0 Å². The minimum Gasteiger partial charge on any atom is -0.400 e. The molecule has 0 aliphatic rings. The number of benzene rings is 2. The van der Waals surface area contributed by atoms with Crippen LogP contribution in [0.25, 0.3) is 12.2 Å². The SMILES string of the molecule is NC(=Cc1ccccc1)C(N)C=Cc1ccccc1. The molecule has 0 heterocycles. The number of nitrogens with two attached hydrogens (primary N) is 2. The Hall–Kier alpha value is -2.32. The summed E-state index contributed by atoms with van der Waals surface area (Å²) in [6.45, 7) is 0. The predicted molar refractivity (Wildman–Crippen MR) is 82.1 cm³/mol. The van der Waals surface area contributed by atoms with Crippen molar-refractivity contribution >= 4 is 12.2 Å². The number of rotatable bonds is 4. The van der Waals surface area contributed by atoms with Crippen molar-refractivity contribution < 1.29 is 0 Å². The third-order valence-corrected chi connectivity index (χ3v) is 2.81. The maximum absolute atomic E-state index is 6.03. The fourth-order valence-electron chi connectivity index (χ4n) is 1.73. The second-order valence-corrected chi connectivity index (χ2v) is 4.35. The van der Waals surface area contributed by atoms with E-state index < -0.39 is 0 Å². The van der Waals surface area contributed by atoms with E-state index in [-0.39, 0.29) is 6.04 Å². The van der Waals surface area contributed by atoms with Gasteiger partial charge in [-0.15, -0.1) is 0 Å². The first kappa shape index (κ1) is 13.1. The van der Waals surface area contributed by atoms with Crippen molar-refractivity contribution in [2.75, 3.05) is 0 Å². The average molecular weight is 250 g/mol. The Balaban J connectivity index is 2.06. The maximum atomic E-state index is 6.03. The Morgan fingerprint density at radius 2 is 1.37 bits per heavy atom. The van der Waals surface area contributed by atoms with Gasteiger partial charge in [0.05, 0.1) is 6.04 Å². The van der Waals surface area contributed by atoms with Crippen molar-refractivity contribution in [2.24, 2.45) is 11.5 Å². The van der Waals surface area contributed by atoms with Crippen LogP contribution in [0.3, 0.4) is 0 Å². The fraction of sp³-hybridized carbons (Fsp3) is 0.0588. The Bertz CT molecular complexity index is 556. The number of hydrogen-bond acceptors (Lipinski definition) is 2. The molecule has 2 nitrogen and oxygen atoms in total. The molecule has 1 atom stereocenters. The van der Waals surface area contributed by atoms with Crippen LogP contribution in [-0.2, 0) is 0 Å². The van der Waals surface area contributed by atoms with Crippen LogP contribution < -0.4 is 11.5 Å². The average Bonchev–Trinajstić information content (AvgIpc) is 2.47. The summed E-state index contributed by atoms with van der Waals surface area (Å²) in [5.74, 6) is 0. The summed E-state index contributed by atoms with van der Waals surface area (Å²) in [4.78, 5) is 0. The van der Waals surface area contributed by atoms with E-state index in [0.717, 1.165) is 11.1 Å². The standard InChI is InChI=1S/C17H18N2/c18-16(12-11-14-7-3-1-4-8-14)17(19)13-15-9-5-2-6-10-15/h1-13,16H,18-19H2. The molecule has 0 fully saturated rings.